The fourth-order valence-electron chi connectivity index (χ4n) is 3.27. The highest BCUT2D eigenvalue weighted by atomic mass is 19.4. The molecule has 0 radical (unpaired) electrons. The SMILES string of the molecule is CCC(O)(/C(N)=N/N(N)Cc1ccc2c(-c3ccc(F)cc3)cc(C#N)nc2c1)C(F)(F)F. The van der Waals surface area contributed by atoms with Gasteiger partial charge in [-0.25, -0.2) is 20.3 Å². The third-order valence-corrected chi connectivity index (χ3v) is 5.13. The van der Waals surface area contributed by atoms with Gasteiger partial charge >= 0.3 is 6.18 Å². The van der Waals surface area contributed by atoms with Gasteiger partial charge in [-0.2, -0.15) is 18.4 Å². The van der Waals surface area contributed by atoms with Gasteiger partial charge in [-0.05, 0) is 47.4 Å². The fourth-order valence-corrected chi connectivity index (χ4v) is 3.27. The van der Waals surface area contributed by atoms with Gasteiger partial charge in [-0.3, -0.25) is 0 Å². The molecule has 3 aromatic rings. The number of hydrazine groups is 1. The van der Waals surface area contributed by atoms with Crippen LogP contribution in [-0.4, -0.2) is 32.8 Å². The number of amidine groups is 1. The van der Waals surface area contributed by atoms with Crippen LogP contribution in [0.4, 0.5) is 17.6 Å². The van der Waals surface area contributed by atoms with Crippen molar-refractivity contribution in [1.82, 2.24) is 10.1 Å². The van der Waals surface area contributed by atoms with Gasteiger partial charge < -0.3 is 10.8 Å². The van der Waals surface area contributed by atoms with Crippen LogP contribution in [0, 0.1) is 17.1 Å². The molecule has 0 fully saturated rings. The summed E-state index contributed by atoms with van der Waals surface area (Å²) in [5.41, 5.74) is 4.51. The van der Waals surface area contributed by atoms with E-state index in [1.165, 1.54) is 12.1 Å². The molecule has 0 amide bonds. The molecule has 1 atom stereocenters. The topological polar surface area (TPSA) is 125 Å². The quantitative estimate of drug-likeness (QED) is 0.170. The number of aliphatic hydroxyl groups is 1. The van der Waals surface area contributed by atoms with Crippen molar-refractivity contribution in [2.45, 2.75) is 31.7 Å². The van der Waals surface area contributed by atoms with Crippen LogP contribution >= 0.6 is 0 Å². The fraction of sp³-hybridized carbons (Fsp3) is 0.227. The van der Waals surface area contributed by atoms with Crippen LogP contribution in [0.3, 0.4) is 0 Å². The van der Waals surface area contributed by atoms with Gasteiger partial charge in [-0.1, -0.05) is 31.2 Å². The maximum absolute atomic E-state index is 13.3. The number of aromatic nitrogens is 1. The van der Waals surface area contributed by atoms with Crippen molar-refractivity contribution in [2.24, 2.45) is 16.7 Å². The molecule has 5 N–H and O–H groups in total. The summed E-state index contributed by atoms with van der Waals surface area (Å²) in [4.78, 5) is 4.27. The van der Waals surface area contributed by atoms with Crippen molar-refractivity contribution in [3.05, 3.63) is 65.6 Å². The smallest absolute Gasteiger partial charge is 0.383 e. The average molecular weight is 460 g/mol. The largest absolute Gasteiger partial charge is 0.424 e. The minimum absolute atomic E-state index is 0.129. The number of pyridine rings is 1. The van der Waals surface area contributed by atoms with Gasteiger partial charge in [0.15, 0.2) is 5.84 Å². The minimum atomic E-state index is -5.02. The number of fused-ring (bicyclic) bond motifs is 1. The number of alkyl halides is 3. The van der Waals surface area contributed by atoms with Crippen LogP contribution < -0.4 is 11.6 Å². The summed E-state index contributed by atoms with van der Waals surface area (Å²) >= 11 is 0. The van der Waals surface area contributed by atoms with E-state index in [2.05, 4.69) is 10.1 Å². The Morgan fingerprint density at radius 2 is 1.85 bits per heavy atom. The molecule has 33 heavy (non-hydrogen) atoms. The lowest BCUT2D eigenvalue weighted by Crippen LogP contribution is -2.56. The van der Waals surface area contributed by atoms with Crippen LogP contribution in [0.5, 0.6) is 0 Å². The zero-order valence-electron chi connectivity index (χ0n) is 17.4. The highest BCUT2D eigenvalue weighted by Gasteiger charge is 2.56. The lowest BCUT2D eigenvalue weighted by Gasteiger charge is -2.29. The second-order valence-corrected chi connectivity index (χ2v) is 7.32. The van der Waals surface area contributed by atoms with E-state index in [9.17, 15) is 27.9 Å². The lowest BCUT2D eigenvalue weighted by molar-refractivity contribution is -0.232. The van der Waals surface area contributed by atoms with Crippen molar-refractivity contribution < 1.29 is 22.7 Å². The Bertz CT molecular complexity index is 1240. The second-order valence-electron chi connectivity index (χ2n) is 7.32. The Morgan fingerprint density at radius 3 is 2.42 bits per heavy atom. The number of nitrogens with zero attached hydrogens (tertiary/aromatic N) is 4. The molecule has 7 nitrogen and oxygen atoms in total. The van der Waals surface area contributed by atoms with Crippen LogP contribution in [-0.2, 0) is 6.54 Å². The molecular weight excluding hydrogens is 440 g/mol. The van der Waals surface area contributed by atoms with E-state index in [-0.39, 0.29) is 12.2 Å². The zero-order valence-corrected chi connectivity index (χ0v) is 17.4. The van der Waals surface area contributed by atoms with Gasteiger partial charge in [0.05, 0.1) is 12.1 Å². The number of benzene rings is 2. The molecular formula is C22H20F4N6O. The van der Waals surface area contributed by atoms with Crippen LogP contribution in [0.2, 0.25) is 0 Å². The maximum Gasteiger partial charge on any atom is 0.424 e. The number of hydrazone groups is 1. The predicted octanol–water partition coefficient (Wildman–Crippen LogP) is 3.56. The molecule has 0 saturated carbocycles. The van der Waals surface area contributed by atoms with Crippen molar-refractivity contribution >= 4 is 16.7 Å². The third kappa shape index (κ3) is 4.87. The molecule has 0 aliphatic rings. The van der Waals surface area contributed by atoms with Crippen LogP contribution in [0.15, 0.2) is 53.6 Å². The van der Waals surface area contributed by atoms with Crippen molar-refractivity contribution in [2.75, 3.05) is 0 Å². The van der Waals surface area contributed by atoms with Crippen molar-refractivity contribution in [3.8, 4) is 17.2 Å². The normalized spacial score (nSPS) is 14.1. The Hall–Kier alpha value is -3.75. The Labute approximate surface area is 186 Å². The average Bonchev–Trinajstić information content (AvgIpc) is 2.77. The number of hydrogen-bond donors (Lipinski definition) is 3. The molecule has 11 heteroatoms. The Kier molecular flexibility index (Phi) is 6.53. The minimum Gasteiger partial charge on any atom is -0.383 e. The van der Waals surface area contributed by atoms with E-state index in [1.54, 1.807) is 36.4 Å². The van der Waals surface area contributed by atoms with E-state index >= 15 is 0 Å². The first kappa shape index (κ1) is 23.9. The molecule has 1 heterocycles. The van der Waals surface area contributed by atoms with Gasteiger partial charge in [-0.15, -0.1) is 5.10 Å². The first-order valence-electron chi connectivity index (χ1n) is 9.74. The van der Waals surface area contributed by atoms with E-state index < -0.39 is 29.9 Å². The summed E-state index contributed by atoms with van der Waals surface area (Å²) < 4.78 is 52.8. The number of hydrogen-bond acceptors (Lipinski definition) is 6. The highest BCUT2D eigenvalue weighted by molar-refractivity contribution is 5.95. The summed E-state index contributed by atoms with van der Waals surface area (Å²) in [7, 11) is 0. The molecule has 1 aromatic heterocycles. The predicted molar refractivity (Wildman–Crippen MR) is 115 cm³/mol. The summed E-state index contributed by atoms with van der Waals surface area (Å²) in [6.45, 7) is 0.968. The second kappa shape index (κ2) is 9.01. The van der Waals surface area contributed by atoms with Crippen LogP contribution in [0.25, 0.3) is 22.0 Å². The molecule has 172 valence electrons. The monoisotopic (exact) mass is 460 g/mol. The summed E-state index contributed by atoms with van der Waals surface area (Å²) in [5.74, 6) is 4.24. The van der Waals surface area contributed by atoms with E-state index in [4.69, 9.17) is 11.6 Å². The summed E-state index contributed by atoms with van der Waals surface area (Å²) in [6, 6.07) is 14.3. The number of halogens is 4. The molecule has 0 bridgehead atoms. The molecule has 3 rings (SSSR count). The summed E-state index contributed by atoms with van der Waals surface area (Å²) in [6.07, 6.45) is -5.75. The van der Waals surface area contributed by atoms with Gasteiger partial charge in [0.2, 0.25) is 5.60 Å². The zero-order chi connectivity index (χ0) is 24.4. The molecule has 0 aliphatic heterocycles. The van der Waals surface area contributed by atoms with Crippen LogP contribution in [0.1, 0.15) is 24.6 Å². The number of rotatable bonds is 6. The van der Waals surface area contributed by atoms with Gasteiger partial charge in [0.1, 0.15) is 17.6 Å². The van der Waals surface area contributed by atoms with E-state index in [0.29, 0.717) is 32.7 Å². The van der Waals surface area contributed by atoms with E-state index in [0.717, 1.165) is 6.92 Å². The first-order chi connectivity index (χ1) is 15.5. The van der Waals surface area contributed by atoms with Gasteiger partial charge in [0, 0.05) is 5.39 Å². The Morgan fingerprint density at radius 1 is 1.18 bits per heavy atom. The first-order valence-corrected chi connectivity index (χ1v) is 9.74. The number of nitriles is 1. The van der Waals surface area contributed by atoms with Crippen molar-refractivity contribution in [3.63, 3.8) is 0 Å². The summed E-state index contributed by atoms with van der Waals surface area (Å²) in [5, 5.41) is 24.1. The van der Waals surface area contributed by atoms with E-state index in [1.807, 2.05) is 6.07 Å². The van der Waals surface area contributed by atoms with Gasteiger partial charge in [0.25, 0.3) is 0 Å². The molecule has 2 aromatic carbocycles. The third-order valence-electron chi connectivity index (χ3n) is 5.13. The maximum atomic E-state index is 13.3. The molecule has 0 saturated heterocycles. The highest BCUT2D eigenvalue weighted by Crippen LogP contribution is 2.33. The lowest BCUT2D eigenvalue weighted by atomic mass is 9.99. The van der Waals surface area contributed by atoms with Crippen molar-refractivity contribution in [1.29, 1.82) is 5.26 Å². The standard InChI is InChI=1S/C22H20F4N6O/c1-2-21(33,22(24,25)26)20(28)31-32(29)12-13-3-8-17-18(14-4-6-15(23)7-5-14)10-16(11-27)30-19(17)9-13/h3-10,33H,2,12,29H2,1H3,(H2,28,31). The molecule has 0 spiro atoms. The molecule has 1 unspecified atom stereocenters. The Balaban J connectivity index is 1.96. The number of nitrogens with two attached hydrogens (primary N) is 2. The molecule has 0 aliphatic carbocycles.